The Bertz CT molecular complexity index is 424. The third-order valence-corrected chi connectivity index (χ3v) is 2.83. The smallest absolute Gasteiger partial charge is 0.310 e. The van der Waals surface area contributed by atoms with Gasteiger partial charge < -0.3 is 14.9 Å². The van der Waals surface area contributed by atoms with Crippen LogP contribution in [0.25, 0.3) is 0 Å². The molecule has 1 unspecified atom stereocenters. The fraction of sp³-hybridized carbons (Fsp3) is 0.462. The molecule has 1 rings (SSSR count). The minimum absolute atomic E-state index is 0.0122. The van der Waals surface area contributed by atoms with Crippen molar-refractivity contribution in [3.63, 3.8) is 0 Å². The number of hydrogen-bond donors (Lipinski definition) is 2. The van der Waals surface area contributed by atoms with Crippen LogP contribution in [0.4, 0.5) is 0 Å². The molecule has 4 nitrogen and oxygen atoms in total. The van der Waals surface area contributed by atoms with Crippen molar-refractivity contribution in [1.29, 1.82) is 0 Å². The number of benzene rings is 1. The zero-order chi connectivity index (χ0) is 13.2. The van der Waals surface area contributed by atoms with Crippen molar-refractivity contribution < 1.29 is 19.7 Å². The summed E-state index contributed by atoms with van der Waals surface area (Å²) >= 11 is 0. The Labute approximate surface area is 101 Å². The first-order valence-corrected chi connectivity index (χ1v) is 5.52. The number of ether oxygens (including phenoxy) is 1. The molecule has 0 radical (unpaired) electrons. The molecule has 4 heteroatoms. The van der Waals surface area contributed by atoms with E-state index < -0.39 is 11.9 Å². The lowest BCUT2D eigenvalue weighted by atomic mass is 9.93. The number of carboxylic acid groups (broad SMARTS) is 1. The van der Waals surface area contributed by atoms with E-state index in [1.54, 1.807) is 19.1 Å². The van der Waals surface area contributed by atoms with Gasteiger partial charge in [0.1, 0.15) is 0 Å². The zero-order valence-electron chi connectivity index (χ0n) is 10.5. The van der Waals surface area contributed by atoms with Gasteiger partial charge in [-0.1, -0.05) is 19.9 Å². The Morgan fingerprint density at radius 2 is 1.88 bits per heavy atom. The van der Waals surface area contributed by atoms with Crippen LogP contribution in [0.2, 0.25) is 0 Å². The highest BCUT2D eigenvalue weighted by Crippen LogP contribution is 2.38. The Morgan fingerprint density at radius 3 is 2.29 bits per heavy atom. The Morgan fingerprint density at radius 1 is 1.29 bits per heavy atom. The average Bonchev–Trinajstić information content (AvgIpc) is 2.26. The van der Waals surface area contributed by atoms with E-state index >= 15 is 0 Å². The number of carboxylic acids is 1. The molecule has 0 aliphatic rings. The van der Waals surface area contributed by atoms with E-state index in [4.69, 9.17) is 9.84 Å². The van der Waals surface area contributed by atoms with Crippen molar-refractivity contribution >= 4 is 5.97 Å². The lowest BCUT2D eigenvalue weighted by molar-refractivity contribution is -0.138. The second kappa shape index (κ2) is 5.08. The van der Waals surface area contributed by atoms with E-state index in [2.05, 4.69) is 0 Å². The summed E-state index contributed by atoms with van der Waals surface area (Å²) in [6.07, 6.45) is 0. The molecule has 1 aromatic rings. The van der Waals surface area contributed by atoms with E-state index in [9.17, 15) is 9.90 Å². The molecule has 1 aromatic carbocycles. The van der Waals surface area contributed by atoms with Gasteiger partial charge in [0.15, 0.2) is 11.5 Å². The first-order chi connectivity index (χ1) is 7.88. The van der Waals surface area contributed by atoms with Crippen LogP contribution in [0.5, 0.6) is 11.5 Å². The van der Waals surface area contributed by atoms with Crippen molar-refractivity contribution in [3.05, 3.63) is 23.3 Å². The molecular weight excluding hydrogens is 220 g/mol. The maximum absolute atomic E-state index is 11.0. The molecule has 94 valence electrons. The topological polar surface area (TPSA) is 66.8 Å². The van der Waals surface area contributed by atoms with Crippen LogP contribution in [0, 0.1) is 0 Å². The summed E-state index contributed by atoms with van der Waals surface area (Å²) in [5, 5.41) is 18.9. The maximum atomic E-state index is 11.0. The molecule has 0 amide bonds. The first-order valence-electron chi connectivity index (χ1n) is 5.52. The summed E-state index contributed by atoms with van der Waals surface area (Å²) in [4.78, 5) is 11.0. The Kier molecular flexibility index (Phi) is 3.99. The molecule has 1 atom stereocenters. The van der Waals surface area contributed by atoms with Gasteiger partial charge in [-0.15, -0.1) is 0 Å². The van der Waals surface area contributed by atoms with Gasteiger partial charge in [-0.2, -0.15) is 0 Å². The summed E-state index contributed by atoms with van der Waals surface area (Å²) in [6.45, 7) is 5.54. The lowest BCUT2D eigenvalue weighted by Crippen LogP contribution is -2.09. The van der Waals surface area contributed by atoms with Crippen molar-refractivity contribution in [2.75, 3.05) is 7.11 Å². The van der Waals surface area contributed by atoms with Crippen molar-refractivity contribution in [2.24, 2.45) is 0 Å². The van der Waals surface area contributed by atoms with Crippen molar-refractivity contribution in [3.8, 4) is 11.5 Å². The van der Waals surface area contributed by atoms with Gasteiger partial charge in [-0.25, -0.2) is 0 Å². The van der Waals surface area contributed by atoms with E-state index in [1.807, 2.05) is 13.8 Å². The van der Waals surface area contributed by atoms with Crippen LogP contribution < -0.4 is 4.74 Å². The largest absolute Gasteiger partial charge is 0.504 e. The van der Waals surface area contributed by atoms with Crippen LogP contribution in [0.1, 0.15) is 43.7 Å². The van der Waals surface area contributed by atoms with E-state index in [0.29, 0.717) is 5.56 Å². The fourth-order valence-electron chi connectivity index (χ4n) is 1.67. The normalized spacial score (nSPS) is 12.5. The van der Waals surface area contributed by atoms with Gasteiger partial charge in [0.25, 0.3) is 0 Å². The van der Waals surface area contributed by atoms with Crippen molar-refractivity contribution in [2.45, 2.75) is 32.6 Å². The number of hydrogen-bond acceptors (Lipinski definition) is 3. The summed E-state index contributed by atoms with van der Waals surface area (Å²) in [7, 11) is 1.42. The summed E-state index contributed by atoms with van der Waals surface area (Å²) in [5.41, 5.74) is 1.40. The fourth-order valence-corrected chi connectivity index (χ4v) is 1.67. The Hall–Kier alpha value is -1.71. The van der Waals surface area contributed by atoms with Crippen LogP contribution in [-0.2, 0) is 4.79 Å². The predicted molar refractivity (Wildman–Crippen MR) is 64.8 cm³/mol. The molecule has 0 bridgehead atoms. The molecular formula is C13H18O4. The zero-order valence-corrected chi connectivity index (χ0v) is 10.5. The minimum Gasteiger partial charge on any atom is -0.504 e. The highest BCUT2D eigenvalue weighted by Gasteiger charge is 2.22. The lowest BCUT2D eigenvalue weighted by Gasteiger charge is -2.17. The molecule has 0 aliphatic heterocycles. The highest BCUT2D eigenvalue weighted by molar-refractivity contribution is 5.77. The van der Waals surface area contributed by atoms with Crippen LogP contribution >= 0.6 is 0 Å². The number of aliphatic carboxylic acids is 1. The van der Waals surface area contributed by atoms with Gasteiger partial charge in [-0.05, 0) is 24.5 Å². The Balaban J connectivity index is 3.38. The van der Waals surface area contributed by atoms with Gasteiger partial charge in [0.2, 0.25) is 0 Å². The molecule has 0 heterocycles. The molecule has 2 N–H and O–H groups in total. The average molecular weight is 238 g/mol. The first kappa shape index (κ1) is 13.4. The number of methoxy groups -OCH3 is 1. The standard InChI is InChI=1S/C13H18O4/c1-7(2)9-5-10(8(3)13(15)16)12(17-4)11(14)6-9/h5-8,14H,1-4H3,(H,15,16). The van der Waals surface area contributed by atoms with Gasteiger partial charge in [-0.3, -0.25) is 4.79 Å². The third kappa shape index (κ3) is 2.70. The molecule has 0 saturated heterocycles. The monoisotopic (exact) mass is 238 g/mol. The van der Waals surface area contributed by atoms with Gasteiger partial charge in [0, 0.05) is 5.56 Å². The summed E-state index contributed by atoms with van der Waals surface area (Å²) in [6, 6.07) is 3.39. The van der Waals surface area contributed by atoms with Crippen LogP contribution in [0.3, 0.4) is 0 Å². The van der Waals surface area contributed by atoms with Gasteiger partial charge in [0.05, 0.1) is 13.0 Å². The van der Waals surface area contributed by atoms with Gasteiger partial charge >= 0.3 is 5.97 Å². The van der Waals surface area contributed by atoms with E-state index in [1.165, 1.54) is 7.11 Å². The molecule has 0 aromatic heterocycles. The molecule has 0 saturated carbocycles. The maximum Gasteiger partial charge on any atom is 0.310 e. The number of carbonyl (C=O) groups is 1. The number of phenols is 1. The second-order valence-electron chi connectivity index (χ2n) is 4.38. The molecule has 17 heavy (non-hydrogen) atoms. The minimum atomic E-state index is -0.941. The summed E-state index contributed by atoms with van der Waals surface area (Å²) < 4.78 is 5.07. The quantitative estimate of drug-likeness (QED) is 0.846. The third-order valence-electron chi connectivity index (χ3n) is 2.83. The van der Waals surface area contributed by atoms with Crippen LogP contribution in [-0.4, -0.2) is 23.3 Å². The number of phenolic OH excluding ortho intramolecular Hbond substituents is 1. The van der Waals surface area contributed by atoms with E-state index in [-0.39, 0.29) is 17.4 Å². The molecule has 0 aliphatic carbocycles. The number of aromatic hydroxyl groups is 1. The molecule has 0 spiro atoms. The second-order valence-corrected chi connectivity index (χ2v) is 4.38. The SMILES string of the molecule is COc1c(O)cc(C(C)C)cc1C(C)C(=O)O. The highest BCUT2D eigenvalue weighted by atomic mass is 16.5. The predicted octanol–water partition coefficient (Wildman–Crippen LogP) is 2.71. The van der Waals surface area contributed by atoms with Crippen LogP contribution in [0.15, 0.2) is 12.1 Å². The summed E-state index contributed by atoms with van der Waals surface area (Å²) in [5.74, 6) is -1.21. The van der Waals surface area contributed by atoms with Crippen molar-refractivity contribution in [1.82, 2.24) is 0 Å². The van der Waals surface area contributed by atoms with E-state index in [0.717, 1.165) is 5.56 Å². The number of rotatable bonds is 4. The molecule has 0 fully saturated rings.